The zero-order valence-corrected chi connectivity index (χ0v) is 10.7. The lowest BCUT2D eigenvalue weighted by Crippen LogP contribution is -2.05. The summed E-state index contributed by atoms with van der Waals surface area (Å²) < 4.78 is 2.17. The van der Waals surface area contributed by atoms with Crippen molar-refractivity contribution in [1.82, 2.24) is 9.78 Å². The number of aryl methyl sites for hydroxylation is 1. The van der Waals surface area contributed by atoms with E-state index in [1.807, 2.05) is 6.20 Å². The second-order valence-corrected chi connectivity index (χ2v) is 4.14. The standard InChI is InChI=1S/C11H19BrN2/c1-3-5-7-14-11(6-4-2)10(8-12)9-13-14/h9H,3-8H2,1-2H3. The summed E-state index contributed by atoms with van der Waals surface area (Å²) in [6.07, 6.45) is 6.78. The van der Waals surface area contributed by atoms with E-state index in [0.717, 1.165) is 18.3 Å². The van der Waals surface area contributed by atoms with Crippen molar-refractivity contribution in [2.24, 2.45) is 0 Å². The molecule has 1 aromatic heterocycles. The van der Waals surface area contributed by atoms with Gasteiger partial charge in [-0.05, 0) is 12.8 Å². The molecule has 80 valence electrons. The molecule has 0 spiro atoms. The highest BCUT2D eigenvalue weighted by molar-refractivity contribution is 9.08. The first kappa shape index (κ1) is 11.8. The maximum absolute atomic E-state index is 4.43. The Morgan fingerprint density at radius 3 is 2.71 bits per heavy atom. The summed E-state index contributed by atoms with van der Waals surface area (Å²) in [5, 5.41) is 5.35. The molecule has 0 bridgehead atoms. The molecule has 0 fully saturated rings. The zero-order valence-electron chi connectivity index (χ0n) is 9.09. The van der Waals surface area contributed by atoms with Crippen molar-refractivity contribution in [3.8, 4) is 0 Å². The van der Waals surface area contributed by atoms with Crippen molar-refractivity contribution in [2.45, 2.75) is 51.4 Å². The van der Waals surface area contributed by atoms with Gasteiger partial charge in [0.2, 0.25) is 0 Å². The summed E-state index contributed by atoms with van der Waals surface area (Å²) >= 11 is 3.51. The van der Waals surface area contributed by atoms with Gasteiger partial charge in [-0.1, -0.05) is 42.6 Å². The van der Waals surface area contributed by atoms with Crippen LogP contribution in [-0.4, -0.2) is 9.78 Å². The molecule has 14 heavy (non-hydrogen) atoms. The van der Waals surface area contributed by atoms with Crippen LogP contribution in [0.1, 0.15) is 44.4 Å². The van der Waals surface area contributed by atoms with Gasteiger partial charge in [0.25, 0.3) is 0 Å². The lowest BCUT2D eigenvalue weighted by atomic mass is 10.2. The topological polar surface area (TPSA) is 17.8 Å². The van der Waals surface area contributed by atoms with Crippen molar-refractivity contribution in [1.29, 1.82) is 0 Å². The fourth-order valence-corrected chi connectivity index (χ4v) is 2.06. The van der Waals surface area contributed by atoms with E-state index in [2.05, 4.69) is 39.6 Å². The molecule has 3 heteroatoms. The summed E-state index contributed by atoms with van der Waals surface area (Å²) in [7, 11) is 0. The molecule has 0 aromatic carbocycles. The van der Waals surface area contributed by atoms with E-state index in [9.17, 15) is 0 Å². The van der Waals surface area contributed by atoms with E-state index in [0.29, 0.717) is 0 Å². The van der Waals surface area contributed by atoms with E-state index in [-0.39, 0.29) is 0 Å². The molecule has 0 aliphatic carbocycles. The smallest absolute Gasteiger partial charge is 0.0533 e. The van der Waals surface area contributed by atoms with Crippen LogP contribution in [-0.2, 0) is 18.3 Å². The predicted octanol–water partition coefficient (Wildman–Crippen LogP) is 3.53. The van der Waals surface area contributed by atoms with Gasteiger partial charge in [-0.3, -0.25) is 4.68 Å². The van der Waals surface area contributed by atoms with Crippen LogP contribution >= 0.6 is 15.9 Å². The molecule has 0 radical (unpaired) electrons. The van der Waals surface area contributed by atoms with Gasteiger partial charge < -0.3 is 0 Å². The summed E-state index contributed by atoms with van der Waals surface area (Å²) in [6.45, 7) is 5.50. The maximum atomic E-state index is 4.43. The van der Waals surface area contributed by atoms with Crippen molar-refractivity contribution >= 4 is 15.9 Å². The Bertz CT molecular complexity index is 268. The first-order valence-electron chi connectivity index (χ1n) is 5.43. The molecule has 0 saturated carbocycles. The van der Waals surface area contributed by atoms with Crippen LogP contribution in [0.3, 0.4) is 0 Å². The van der Waals surface area contributed by atoms with Gasteiger partial charge in [-0.15, -0.1) is 0 Å². The van der Waals surface area contributed by atoms with Crippen molar-refractivity contribution in [3.05, 3.63) is 17.5 Å². The lowest BCUT2D eigenvalue weighted by molar-refractivity contribution is 0.545. The van der Waals surface area contributed by atoms with Crippen molar-refractivity contribution in [3.63, 3.8) is 0 Å². The normalized spacial score (nSPS) is 10.8. The van der Waals surface area contributed by atoms with Crippen LogP contribution in [0.5, 0.6) is 0 Å². The number of unbranched alkanes of at least 4 members (excludes halogenated alkanes) is 1. The minimum absolute atomic E-state index is 0.925. The second-order valence-electron chi connectivity index (χ2n) is 3.58. The first-order chi connectivity index (χ1) is 6.83. The van der Waals surface area contributed by atoms with E-state index >= 15 is 0 Å². The van der Waals surface area contributed by atoms with E-state index in [1.54, 1.807) is 0 Å². The molecule has 1 heterocycles. The Balaban J connectivity index is 2.75. The van der Waals surface area contributed by atoms with Crippen LogP contribution in [0.25, 0.3) is 0 Å². The lowest BCUT2D eigenvalue weighted by Gasteiger charge is -2.07. The highest BCUT2D eigenvalue weighted by atomic mass is 79.9. The van der Waals surface area contributed by atoms with Gasteiger partial charge in [-0.25, -0.2) is 0 Å². The van der Waals surface area contributed by atoms with Gasteiger partial charge >= 0.3 is 0 Å². The average Bonchev–Trinajstić information content (AvgIpc) is 2.58. The Kier molecular flexibility index (Phi) is 5.23. The third kappa shape index (κ3) is 2.84. The largest absolute Gasteiger partial charge is 0.269 e. The summed E-state index contributed by atoms with van der Waals surface area (Å²) in [4.78, 5) is 0. The van der Waals surface area contributed by atoms with E-state index < -0.39 is 0 Å². The fraction of sp³-hybridized carbons (Fsp3) is 0.727. The fourth-order valence-electron chi connectivity index (χ4n) is 1.59. The molecular weight excluding hydrogens is 240 g/mol. The highest BCUT2D eigenvalue weighted by Crippen LogP contribution is 2.15. The minimum Gasteiger partial charge on any atom is -0.269 e. The number of aromatic nitrogens is 2. The number of alkyl halides is 1. The Labute approximate surface area is 94.8 Å². The molecule has 0 unspecified atom stereocenters. The molecule has 1 aromatic rings. The van der Waals surface area contributed by atoms with E-state index in [4.69, 9.17) is 0 Å². The van der Waals surface area contributed by atoms with Crippen LogP contribution in [0, 0.1) is 0 Å². The number of hydrogen-bond acceptors (Lipinski definition) is 1. The SMILES string of the molecule is CCCCn1ncc(CBr)c1CCC. The predicted molar refractivity (Wildman–Crippen MR) is 63.8 cm³/mol. The summed E-state index contributed by atoms with van der Waals surface area (Å²) in [6, 6.07) is 0. The molecule has 2 nitrogen and oxygen atoms in total. The molecule has 0 aliphatic rings. The zero-order chi connectivity index (χ0) is 10.4. The maximum Gasteiger partial charge on any atom is 0.0533 e. The number of hydrogen-bond donors (Lipinski definition) is 0. The van der Waals surface area contributed by atoms with Crippen molar-refractivity contribution < 1.29 is 0 Å². The summed E-state index contributed by atoms with van der Waals surface area (Å²) in [5.74, 6) is 0. The molecule has 1 rings (SSSR count). The van der Waals surface area contributed by atoms with Gasteiger partial charge in [0.1, 0.15) is 0 Å². The number of halogens is 1. The number of nitrogens with zero attached hydrogens (tertiary/aromatic N) is 2. The molecule has 0 atom stereocenters. The van der Waals surface area contributed by atoms with Crippen molar-refractivity contribution in [2.75, 3.05) is 0 Å². The molecule has 0 N–H and O–H groups in total. The molecule has 0 amide bonds. The molecule has 0 aliphatic heterocycles. The van der Waals surface area contributed by atoms with Crippen LogP contribution in [0.4, 0.5) is 0 Å². The van der Waals surface area contributed by atoms with Gasteiger partial charge in [0.15, 0.2) is 0 Å². The van der Waals surface area contributed by atoms with Crippen LogP contribution in [0.15, 0.2) is 6.20 Å². The highest BCUT2D eigenvalue weighted by Gasteiger charge is 2.07. The Morgan fingerprint density at radius 2 is 2.14 bits per heavy atom. The minimum atomic E-state index is 0.925. The van der Waals surface area contributed by atoms with Gasteiger partial charge in [0, 0.05) is 23.1 Å². The second kappa shape index (κ2) is 6.23. The monoisotopic (exact) mass is 258 g/mol. The molecule has 0 saturated heterocycles. The summed E-state index contributed by atoms with van der Waals surface area (Å²) in [5.41, 5.74) is 2.76. The number of rotatable bonds is 6. The first-order valence-corrected chi connectivity index (χ1v) is 6.55. The van der Waals surface area contributed by atoms with E-state index in [1.165, 1.54) is 30.5 Å². The Morgan fingerprint density at radius 1 is 1.36 bits per heavy atom. The Hall–Kier alpha value is -0.310. The van der Waals surface area contributed by atoms with Crippen LogP contribution in [0.2, 0.25) is 0 Å². The third-order valence-corrected chi connectivity index (χ3v) is 2.99. The van der Waals surface area contributed by atoms with Gasteiger partial charge in [-0.2, -0.15) is 5.10 Å². The van der Waals surface area contributed by atoms with Crippen LogP contribution < -0.4 is 0 Å². The molecular formula is C11H19BrN2. The third-order valence-electron chi connectivity index (χ3n) is 2.39. The average molecular weight is 259 g/mol. The van der Waals surface area contributed by atoms with Gasteiger partial charge in [0.05, 0.1) is 6.20 Å². The quantitative estimate of drug-likeness (QED) is 0.714.